The number of thioether (sulfide) groups is 1. The highest BCUT2D eigenvalue weighted by atomic mass is 32.2. The minimum absolute atomic E-state index is 0.0435. The molecule has 1 atom stereocenters. The first kappa shape index (κ1) is 17.3. The van der Waals surface area contributed by atoms with E-state index in [1.807, 2.05) is 6.92 Å². The lowest BCUT2D eigenvalue weighted by Crippen LogP contribution is -2.20. The fourth-order valence-corrected chi connectivity index (χ4v) is 3.00. The maximum absolute atomic E-state index is 11.5. The molecule has 0 aromatic carbocycles. The molecule has 0 bridgehead atoms. The van der Waals surface area contributed by atoms with Crippen molar-refractivity contribution in [1.29, 1.82) is 0 Å². The van der Waals surface area contributed by atoms with Gasteiger partial charge in [0.15, 0.2) is 0 Å². The molecular weight excluding hydrogens is 250 g/mol. The number of carbonyl (C=O) groups excluding carboxylic acids is 2. The second-order valence-electron chi connectivity index (χ2n) is 4.55. The molecule has 5 heteroatoms. The minimum Gasteiger partial charge on any atom is -0.466 e. The zero-order valence-corrected chi connectivity index (χ0v) is 12.6. The van der Waals surface area contributed by atoms with Crippen molar-refractivity contribution in [3.05, 3.63) is 0 Å². The van der Waals surface area contributed by atoms with Gasteiger partial charge in [0, 0.05) is 24.5 Å². The SMILES string of the molecule is CCOC(=O)CC(CC(C)C)SCCC(=O)NC. The van der Waals surface area contributed by atoms with Crippen molar-refractivity contribution in [1.82, 2.24) is 5.32 Å². The third-order valence-electron chi connectivity index (χ3n) is 2.40. The van der Waals surface area contributed by atoms with Crippen LogP contribution in [0.4, 0.5) is 0 Å². The molecule has 0 aliphatic rings. The number of amides is 1. The molecule has 18 heavy (non-hydrogen) atoms. The molecule has 1 amide bonds. The molecule has 0 saturated heterocycles. The number of esters is 1. The Kier molecular flexibility index (Phi) is 9.83. The second-order valence-corrected chi connectivity index (χ2v) is 5.96. The van der Waals surface area contributed by atoms with Gasteiger partial charge < -0.3 is 10.1 Å². The molecule has 0 radical (unpaired) electrons. The molecule has 0 heterocycles. The molecule has 0 saturated carbocycles. The van der Waals surface area contributed by atoms with Crippen LogP contribution < -0.4 is 5.32 Å². The van der Waals surface area contributed by atoms with Gasteiger partial charge in [-0.25, -0.2) is 0 Å². The Balaban J connectivity index is 4.06. The lowest BCUT2D eigenvalue weighted by Gasteiger charge is -2.17. The van der Waals surface area contributed by atoms with Crippen molar-refractivity contribution >= 4 is 23.6 Å². The predicted octanol–water partition coefficient (Wildman–Crippen LogP) is 2.22. The first-order chi connectivity index (χ1) is 8.49. The molecule has 0 fully saturated rings. The Morgan fingerprint density at radius 3 is 2.50 bits per heavy atom. The number of nitrogens with one attached hydrogen (secondary N) is 1. The summed E-state index contributed by atoms with van der Waals surface area (Å²) in [5, 5.41) is 2.84. The van der Waals surface area contributed by atoms with Crippen molar-refractivity contribution in [2.24, 2.45) is 5.92 Å². The van der Waals surface area contributed by atoms with E-state index in [-0.39, 0.29) is 17.1 Å². The normalized spacial score (nSPS) is 12.3. The summed E-state index contributed by atoms with van der Waals surface area (Å²) in [6, 6.07) is 0. The highest BCUT2D eigenvalue weighted by molar-refractivity contribution is 7.99. The van der Waals surface area contributed by atoms with Gasteiger partial charge >= 0.3 is 5.97 Å². The molecule has 0 aliphatic heterocycles. The molecular formula is C13H25NO3S. The van der Waals surface area contributed by atoms with E-state index in [0.29, 0.717) is 25.4 Å². The highest BCUT2D eigenvalue weighted by Crippen LogP contribution is 2.23. The van der Waals surface area contributed by atoms with Crippen molar-refractivity contribution in [3.63, 3.8) is 0 Å². The van der Waals surface area contributed by atoms with Gasteiger partial charge in [0.1, 0.15) is 0 Å². The lowest BCUT2D eigenvalue weighted by atomic mass is 10.1. The molecule has 0 aliphatic carbocycles. The van der Waals surface area contributed by atoms with Gasteiger partial charge in [0.25, 0.3) is 0 Å². The Hall–Kier alpha value is -0.710. The predicted molar refractivity (Wildman–Crippen MR) is 75.6 cm³/mol. The van der Waals surface area contributed by atoms with Crippen LogP contribution in [0.1, 0.15) is 40.0 Å². The molecule has 4 nitrogen and oxygen atoms in total. The number of hydrogen-bond acceptors (Lipinski definition) is 4. The van der Waals surface area contributed by atoms with Gasteiger partial charge in [-0.3, -0.25) is 9.59 Å². The first-order valence-corrected chi connectivity index (χ1v) is 7.52. The number of ether oxygens (including phenoxy) is 1. The minimum atomic E-state index is -0.143. The summed E-state index contributed by atoms with van der Waals surface area (Å²) in [6.07, 6.45) is 1.90. The average molecular weight is 275 g/mol. The van der Waals surface area contributed by atoms with Crippen LogP contribution in [0.2, 0.25) is 0 Å². The van der Waals surface area contributed by atoms with Crippen LogP contribution >= 0.6 is 11.8 Å². The van der Waals surface area contributed by atoms with Crippen LogP contribution in [-0.2, 0) is 14.3 Å². The third kappa shape index (κ3) is 9.33. The quantitative estimate of drug-likeness (QED) is 0.656. The topological polar surface area (TPSA) is 55.4 Å². The van der Waals surface area contributed by atoms with Crippen molar-refractivity contribution < 1.29 is 14.3 Å². The standard InChI is InChI=1S/C13H25NO3S/c1-5-17-13(16)9-11(8-10(2)3)18-7-6-12(15)14-4/h10-11H,5-9H2,1-4H3,(H,14,15). The molecule has 1 N–H and O–H groups in total. The second kappa shape index (κ2) is 10.2. The third-order valence-corrected chi connectivity index (χ3v) is 3.67. The average Bonchev–Trinajstić information content (AvgIpc) is 2.28. The Morgan fingerprint density at radius 2 is 2.00 bits per heavy atom. The number of carbonyl (C=O) groups is 2. The summed E-state index contributed by atoms with van der Waals surface area (Å²) in [7, 11) is 1.64. The van der Waals surface area contributed by atoms with E-state index in [1.165, 1.54) is 0 Å². The van der Waals surface area contributed by atoms with Crippen LogP contribution in [0.3, 0.4) is 0 Å². The van der Waals surface area contributed by atoms with Crippen LogP contribution in [0.15, 0.2) is 0 Å². The largest absolute Gasteiger partial charge is 0.466 e. The van der Waals surface area contributed by atoms with Crippen LogP contribution in [0, 0.1) is 5.92 Å². The van der Waals surface area contributed by atoms with E-state index in [2.05, 4.69) is 19.2 Å². The van der Waals surface area contributed by atoms with E-state index < -0.39 is 0 Å². The Morgan fingerprint density at radius 1 is 1.33 bits per heavy atom. The number of hydrogen-bond donors (Lipinski definition) is 1. The van der Waals surface area contributed by atoms with Crippen LogP contribution in [0.5, 0.6) is 0 Å². The monoisotopic (exact) mass is 275 g/mol. The van der Waals surface area contributed by atoms with Gasteiger partial charge in [0.05, 0.1) is 13.0 Å². The summed E-state index contributed by atoms with van der Waals surface area (Å²) >= 11 is 1.69. The Labute approximate surface area is 114 Å². The van der Waals surface area contributed by atoms with E-state index in [9.17, 15) is 9.59 Å². The Bertz CT molecular complexity index is 257. The van der Waals surface area contributed by atoms with E-state index in [1.54, 1.807) is 18.8 Å². The van der Waals surface area contributed by atoms with Gasteiger partial charge in [-0.15, -0.1) is 0 Å². The van der Waals surface area contributed by atoms with Crippen molar-refractivity contribution in [3.8, 4) is 0 Å². The van der Waals surface area contributed by atoms with Gasteiger partial charge in [0.2, 0.25) is 5.91 Å². The van der Waals surface area contributed by atoms with Gasteiger partial charge in [-0.1, -0.05) is 13.8 Å². The van der Waals surface area contributed by atoms with Gasteiger partial charge in [-0.05, 0) is 19.3 Å². The smallest absolute Gasteiger partial charge is 0.306 e. The zero-order valence-electron chi connectivity index (χ0n) is 11.8. The summed E-state index contributed by atoms with van der Waals surface area (Å²) in [5.41, 5.74) is 0. The lowest BCUT2D eigenvalue weighted by molar-refractivity contribution is -0.143. The van der Waals surface area contributed by atoms with Gasteiger partial charge in [-0.2, -0.15) is 11.8 Å². The molecule has 0 aromatic heterocycles. The zero-order chi connectivity index (χ0) is 14.0. The maximum atomic E-state index is 11.5. The molecule has 0 aromatic rings. The van der Waals surface area contributed by atoms with Crippen molar-refractivity contribution in [2.75, 3.05) is 19.4 Å². The molecule has 1 unspecified atom stereocenters. The summed E-state index contributed by atoms with van der Waals surface area (Å²) < 4.78 is 4.97. The fourth-order valence-electron chi connectivity index (χ4n) is 1.59. The van der Waals surface area contributed by atoms with E-state index >= 15 is 0 Å². The first-order valence-electron chi connectivity index (χ1n) is 6.47. The number of rotatable bonds is 9. The van der Waals surface area contributed by atoms with E-state index in [0.717, 1.165) is 12.2 Å². The van der Waals surface area contributed by atoms with Crippen LogP contribution in [-0.4, -0.2) is 36.5 Å². The van der Waals surface area contributed by atoms with Crippen LogP contribution in [0.25, 0.3) is 0 Å². The maximum Gasteiger partial charge on any atom is 0.306 e. The fraction of sp³-hybridized carbons (Fsp3) is 0.846. The summed E-state index contributed by atoms with van der Waals surface area (Å²) in [6.45, 7) is 6.51. The molecule has 0 rings (SSSR count). The highest BCUT2D eigenvalue weighted by Gasteiger charge is 2.17. The van der Waals surface area contributed by atoms with Crippen molar-refractivity contribution in [2.45, 2.75) is 45.3 Å². The molecule has 106 valence electrons. The van der Waals surface area contributed by atoms with E-state index in [4.69, 9.17) is 4.74 Å². The molecule has 0 spiro atoms. The summed E-state index contributed by atoms with van der Waals surface area (Å²) in [4.78, 5) is 22.6. The summed E-state index contributed by atoms with van der Waals surface area (Å²) in [5.74, 6) is 1.19.